The normalized spacial score (nSPS) is 13.7. The number of rotatable bonds is 2. The highest BCUT2D eigenvalue weighted by Gasteiger charge is 2.22. The molecule has 1 aliphatic carbocycles. The zero-order valence-corrected chi connectivity index (χ0v) is 14.8. The van der Waals surface area contributed by atoms with Gasteiger partial charge in [-0.1, -0.05) is 24.6 Å². The Bertz CT molecular complexity index is 1100. The molecule has 0 saturated carbocycles. The van der Waals surface area contributed by atoms with Crippen LogP contribution in [0.5, 0.6) is 0 Å². The molecule has 0 bridgehead atoms. The fourth-order valence-corrected chi connectivity index (χ4v) is 4.57. The average molecular weight is 364 g/mol. The topological polar surface area (TPSA) is 83.1 Å². The predicted octanol–water partition coefficient (Wildman–Crippen LogP) is 4.25. The highest BCUT2D eigenvalue weighted by atomic mass is 32.1. The van der Waals surface area contributed by atoms with Crippen LogP contribution in [0.25, 0.3) is 11.0 Å². The third-order valence-corrected chi connectivity index (χ3v) is 5.85. The average Bonchev–Trinajstić information content (AvgIpc) is 2.80. The fraction of sp³-hybridized carbons (Fsp3) is 0.250. The van der Waals surface area contributed by atoms with Gasteiger partial charge in [-0.25, -0.2) is 4.79 Å². The number of anilines is 1. The first-order valence-electron chi connectivity index (χ1n) is 8.56. The van der Waals surface area contributed by atoms with Gasteiger partial charge in [0.2, 0.25) is 0 Å². The standard InChI is InChI=1S/C20H16N2O3S/c21-11-15-13-7-2-1-3-9-17(13)26-19(15)22-18(23)14-10-12-6-4-5-8-16(12)25-20(14)24/h4-6,8,10H,1-3,7,9H2,(H,22,23). The van der Waals surface area contributed by atoms with Crippen molar-refractivity contribution in [3.8, 4) is 6.07 Å². The van der Waals surface area contributed by atoms with E-state index in [1.54, 1.807) is 18.2 Å². The quantitative estimate of drug-likeness (QED) is 0.544. The Balaban J connectivity index is 1.70. The molecular weight excluding hydrogens is 348 g/mol. The zero-order chi connectivity index (χ0) is 18.1. The van der Waals surface area contributed by atoms with E-state index in [9.17, 15) is 14.9 Å². The zero-order valence-electron chi connectivity index (χ0n) is 14.0. The summed E-state index contributed by atoms with van der Waals surface area (Å²) in [7, 11) is 0. The molecule has 0 atom stereocenters. The van der Waals surface area contributed by atoms with Gasteiger partial charge in [-0.15, -0.1) is 11.3 Å². The summed E-state index contributed by atoms with van der Waals surface area (Å²) >= 11 is 1.45. The number of hydrogen-bond donors (Lipinski definition) is 1. The summed E-state index contributed by atoms with van der Waals surface area (Å²) in [5.74, 6) is -0.544. The number of amides is 1. The predicted molar refractivity (Wildman–Crippen MR) is 101 cm³/mol. The van der Waals surface area contributed by atoms with Crippen LogP contribution in [-0.4, -0.2) is 5.91 Å². The Morgan fingerprint density at radius 3 is 2.85 bits per heavy atom. The maximum atomic E-state index is 12.7. The van der Waals surface area contributed by atoms with Gasteiger partial charge in [-0.05, 0) is 43.4 Å². The summed E-state index contributed by atoms with van der Waals surface area (Å²) in [6.07, 6.45) is 5.11. The molecule has 0 aliphatic heterocycles. The van der Waals surface area contributed by atoms with E-state index < -0.39 is 11.5 Å². The number of hydrogen-bond acceptors (Lipinski definition) is 5. The van der Waals surface area contributed by atoms with Gasteiger partial charge in [-0.3, -0.25) is 4.79 Å². The van der Waals surface area contributed by atoms with Crippen LogP contribution < -0.4 is 10.9 Å². The number of para-hydroxylation sites is 1. The minimum absolute atomic E-state index is 0.0591. The van der Waals surface area contributed by atoms with Crippen LogP contribution in [0.2, 0.25) is 0 Å². The second-order valence-corrected chi connectivity index (χ2v) is 7.43. The molecule has 3 aromatic rings. The third-order valence-electron chi connectivity index (χ3n) is 4.65. The molecule has 26 heavy (non-hydrogen) atoms. The first-order valence-corrected chi connectivity index (χ1v) is 9.38. The molecule has 1 amide bonds. The Labute approximate surface area is 153 Å². The molecule has 0 radical (unpaired) electrons. The van der Waals surface area contributed by atoms with Gasteiger partial charge in [0.1, 0.15) is 22.2 Å². The summed E-state index contributed by atoms with van der Waals surface area (Å²) in [6, 6.07) is 10.8. The SMILES string of the molecule is N#Cc1c(NC(=O)c2cc3ccccc3oc2=O)sc2c1CCCCC2. The number of thiophene rings is 1. The summed E-state index contributed by atoms with van der Waals surface area (Å²) in [4.78, 5) is 26.0. The van der Waals surface area contributed by atoms with Gasteiger partial charge in [0.05, 0.1) is 5.56 Å². The molecule has 0 fully saturated rings. The van der Waals surface area contributed by atoms with E-state index in [0.29, 0.717) is 21.5 Å². The van der Waals surface area contributed by atoms with Crippen LogP contribution >= 0.6 is 11.3 Å². The van der Waals surface area contributed by atoms with E-state index in [4.69, 9.17) is 4.42 Å². The number of nitrogens with zero attached hydrogens (tertiary/aromatic N) is 1. The molecule has 2 aromatic heterocycles. The molecule has 1 aromatic carbocycles. The van der Waals surface area contributed by atoms with E-state index in [-0.39, 0.29) is 5.56 Å². The van der Waals surface area contributed by atoms with Crippen LogP contribution in [0.15, 0.2) is 39.5 Å². The van der Waals surface area contributed by atoms with E-state index >= 15 is 0 Å². The summed E-state index contributed by atoms with van der Waals surface area (Å²) < 4.78 is 5.23. The van der Waals surface area contributed by atoms with Gasteiger partial charge in [0, 0.05) is 10.3 Å². The lowest BCUT2D eigenvalue weighted by molar-refractivity contribution is 0.102. The van der Waals surface area contributed by atoms with Crippen LogP contribution in [0.4, 0.5) is 5.00 Å². The minimum atomic E-state index is -0.683. The summed E-state index contributed by atoms with van der Waals surface area (Å²) in [5, 5.41) is 13.5. The highest BCUT2D eigenvalue weighted by Crippen LogP contribution is 2.37. The van der Waals surface area contributed by atoms with Crippen molar-refractivity contribution < 1.29 is 9.21 Å². The lowest BCUT2D eigenvalue weighted by Gasteiger charge is -2.04. The number of carbonyl (C=O) groups is 1. The van der Waals surface area contributed by atoms with Crippen LogP contribution in [0, 0.1) is 11.3 Å². The van der Waals surface area contributed by atoms with Crippen molar-refractivity contribution in [2.45, 2.75) is 32.1 Å². The monoisotopic (exact) mass is 364 g/mol. The van der Waals surface area contributed by atoms with Gasteiger partial charge in [-0.2, -0.15) is 5.26 Å². The third kappa shape index (κ3) is 2.91. The lowest BCUT2D eigenvalue weighted by Crippen LogP contribution is -2.20. The Hall–Kier alpha value is -2.91. The van der Waals surface area contributed by atoms with E-state index in [0.717, 1.165) is 37.7 Å². The highest BCUT2D eigenvalue weighted by molar-refractivity contribution is 7.16. The molecule has 5 nitrogen and oxygen atoms in total. The van der Waals surface area contributed by atoms with Crippen molar-refractivity contribution in [1.29, 1.82) is 5.26 Å². The molecule has 130 valence electrons. The number of benzene rings is 1. The minimum Gasteiger partial charge on any atom is -0.422 e. The first-order chi connectivity index (χ1) is 12.7. The van der Waals surface area contributed by atoms with E-state index in [1.165, 1.54) is 22.3 Å². The van der Waals surface area contributed by atoms with Crippen molar-refractivity contribution in [2.75, 3.05) is 5.32 Å². The number of nitrogens with one attached hydrogen (secondary N) is 1. The summed E-state index contributed by atoms with van der Waals surface area (Å²) in [5.41, 5.74) is 1.28. The molecule has 4 rings (SSSR count). The van der Waals surface area contributed by atoms with Crippen molar-refractivity contribution >= 4 is 33.2 Å². The van der Waals surface area contributed by atoms with E-state index in [1.807, 2.05) is 6.07 Å². The maximum absolute atomic E-state index is 12.7. The van der Waals surface area contributed by atoms with Crippen LogP contribution in [-0.2, 0) is 12.8 Å². The Morgan fingerprint density at radius 2 is 2.00 bits per heavy atom. The second kappa shape index (κ2) is 6.77. The summed E-state index contributed by atoms with van der Waals surface area (Å²) in [6.45, 7) is 0. The number of carbonyl (C=O) groups excluding carboxylic acids is 1. The number of aryl methyl sites for hydroxylation is 1. The Kier molecular flexibility index (Phi) is 4.31. The van der Waals surface area contributed by atoms with Crippen molar-refractivity contribution in [3.05, 3.63) is 62.3 Å². The van der Waals surface area contributed by atoms with Gasteiger partial charge in [0.15, 0.2) is 0 Å². The molecular formula is C20H16N2O3S. The Morgan fingerprint density at radius 1 is 1.19 bits per heavy atom. The molecule has 0 saturated heterocycles. The van der Waals surface area contributed by atoms with Gasteiger partial charge in [0.25, 0.3) is 5.91 Å². The second-order valence-electron chi connectivity index (χ2n) is 6.32. The first kappa shape index (κ1) is 16.6. The molecule has 1 N–H and O–H groups in total. The fourth-order valence-electron chi connectivity index (χ4n) is 3.34. The molecule has 0 unspecified atom stereocenters. The molecule has 6 heteroatoms. The molecule has 2 heterocycles. The smallest absolute Gasteiger partial charge is 0.349 e. The van der Waals surface area contributed by atoms with Crippen LogP contribution in [0.1, 0.15) is 45.6 Å². The maximum Gasteiger partial charge on any atom is 0.349 e. The molecule has 0 spiro atoms. The van der Waals surface area contributed by atoms with Crippen LogP contribution in [0.3, 0.4) is 0 Å². The van der Waals surface area contributed by atoms with Gasteiger partial charge >= 0.3 is 5.63 Å². The number of fused-ring (bicyclic) bond motifs is 2. The van der Waals surface area contributed by atoms with Crippen molar-refractivity contribution in [3.63, 3.8) is 0 Å². The largest absolute Gasteiger partial charge is 0.422 e. The van der Waals surface area contributed by atoms with Crippen molar-refractivity contribution in [1.82, 2.24) is 0 Å². The van der Waals surface area contributed by atoms with Gasteiger partial charge < -0.3 is 9.73 Å². The number of nitriles is 1. The molecule has 1 aliphatic rings. The van der Waals surface area contributed by atoms with E-state index in [2.05, 4.69) is 11.4 Å². The van der Waals surface area contributed by atoms with Crippen molar-refractivity contribution in [2.24, 2.45) is 0 Å². The lowest BCUT2D eigenvalue weighted by atomic mass is 10.1.